The third-order valence-corrected chi connectivity index (χ3v) is 9.64. The van der Waals surface area contributed by atoms with Crippen LogP contribution in [-0.2, 0) is 25.6 Å². The number of carbonyl (C=O) groups is 4. The van der Waals surface area contributed by atoms with E-state index in [1.165, 1.54) is 11.1 Å². The maximum Gasteiger partial charge on any atom is 0.247 e. The number of carbonyl (C=O) groups excluding carboxylic acids is 4. The molecule has 11 nitrogen and oxygen atoms in total. The van der Waals surface area contributed by atoms with Gasteiger partial charge in [0, 0.05) is 24.7 Å². The van der Waals surface area contributed by atoms with Crippen LogP contribution in [0.3, 0.4) is 0 Å². The monoisotopic (exact) mass is 661 g/mol. The second-order valence-electron chi connectivity index (χ2n) is 13.1. The van der Waals surface area contributed by atoms with Crippen molar-refractivity contribution in [2.75, 3.05) is 27.7 Å². The number of hydrogen-bond acceptors (Lipinski definition) is 7. The standard InChI is InChI=1S/C37H51N5O6/c1-8-23(3)31-35(44)38-19-17-26-22-27(15-16-29(26)47-7)48-30-18-20-42(33(30)36(45)39-31)37(46)32(24(4)9-2)40-34(43)28(41(5)6)21-25-13-11-10-12-14-25/h10-17,19,22-24,28,30-33H,8-9,18,20-21H2,1-7H3,(H,38,44)(H,39,45)(H,40,43)/b19-17-/t23-,24+,28+,30+,31+,32-,33-/m1/s1. The molecule has 11 heteroatoms. The first kappa shape index (κ1) is 36.5. The number of nitrogens with one attached hydrogen (secondary N) is 3. The Kier molecular flexibility index (Phi) is 12.6. The molecule has 4 rings (SSSR count). The van der Waals surface area contributed by atoms with Crippen molar-refractivity contribution in [1.29, 1.82) is 0 Å². The molecule has 2 aliphatic heterocycles. The summed E-state index contributed by atoms with van der Waals surface area (Å²) in [5, 5.41) is 8.81. The van der Waals surface area contributed by atoms with Gasteiger partial charge in [-0.1, -0.05) is 70.9 Å². The third kappa shape index (κ3) is 8.55. The molecular formula is C37H51N5O6. The van der Waals surface area contributed by atoms with Crippen LogP contribution >= 0.6 is 0 Å². The Hall–Kier alpha value is -4.38. The Labute approximate surface area is 284 Å². The van der Waals surface area contributed by atoms with Crippen LogP contribution in [0.15, 0.2) is 54.7 Å². The molecule has 0 saturated carbocycles. The van der Waals surface area contributed by atoms with Gasteiger partial charge in [0.15, 0.2) is 0 Å². The van der Waals surface area contributed by atoms with Crippen LogP contribution in [0.1, 0.15) is 58.1 Å². The first-order valence-electron chi connectivity index (χ1n) is 16.9. The smallest absolute Gasteiger partial charge is 0.247 e. The fraction of sp³-hybridized carbons (Fsp3) is 0.514. The number of likely N-dealkylation sites (tertiary alicyclic amines) is 1. The highest BCUT2D eigenvalue weighted by Gasteiger charge is 2.47. The molecule has 2 aromatic rings. The van der Waals surface area contributed by atoms with Crippen LogP contribution in [0.4, 0.5) is 0 Å². The Morgan fingerprint density at radius 3 is 2.44 bits per heavy atom. The normalized spacial score (nSPS) is 22.7. The van der Waals surface area contributed by atoms with E-state index < -0.39 is 36.2 Å². The van der Waals surface area contributed by atoms with E-state index in [1.807, 2.05) is 77.0 Å². The average Bonchev–Trinajstić information content (AvgIpc) is 3.50. The number of fused-ring (bicyclic) bond motifs is 3. The largest absolute Gasteiger partial charge is 0.496 e. The summed E-state index contributed by atoms with van der Waals surface area (Å²) in [5.41, 5.74) is 1.69. The van der Waals surface area contributed by atoms with Crippen LogP contribution in [0.5, 0.6) is 11.5 Å². The number of methoxy groups -OCH3 is 1. The van der Waals surface area contributed by atoms with E-state index in [9.17, 15) is 19.2 Å². The van der Waals surface area contributed by atoms with E-state index in [0.717, 1.165) is 5.56 Å². The molecule has 2 heterocycles. The van der Waals surface area contributed by atoms with Gasteiger partial charge in [-0.15, -0.1) is 0 Å². The fourth-order valence-corrected chi connectivity index (χ4v) is 6.24. The van der Waals surface area contributed by atoms with Crippen molar-refractivity contribution in [3.63, 3.8) is 0 Å². The van der Waals surface area contributed by atoms with Crippen molar-refractivity contribution in [3.8, 4) is 11.5 Å². The van der Waals surface area contributed by atoms with Crippen molar-refractivity contribution in [2.24, 2.45) is 11.8 Å². The lowest BCUT2D eigenvalue weighted by atomic mass is 9.95. The van der Waals surface area contributed by atoms with Gasteiger partial charge in [0.05, 0.1) is 13.2 Å². The van der Waals surface area contributed by atoms with Gasteiger partial charge in [-0.3, -0.25) is 24.1 Å². The van der Waals surface area contributed by atoms with Crippen LogP contribution in [0, 0.1) is 11.8 Å². The number of hydrogen-bond donors (Lipinski definition) is 3. The molecule has 7 atom stereocenters. The van der Waals surface area contributed by atoms with Crippen LogP contribution in [0.25, 0.3) is 6.08 Å². The molecule has 2 aromatic carbocycles. The van der Waals surface area contributed by atoms with Crippen molar-refractivity contribution in [1.82, 2.24) is 25.8 Å². The molecule has 2 bridgehead atoms. The average molecular weight is 662 g/mol. The predicted octanol–water partition coefficient (Wildman–Crippen LogP) is 3.38. The number of ether oxygens (including phenoxy) is 2. The minimum Gasteiger partial charge on any atom is -0.496 e. The molecule has 2 aliphatic rings. The molecule has 0 unspecified atom stereocenters. The van der Waals surface area contributed by atoms with E-state index in [-0.39, 0.29) is 36.1 Å². The Morgan fingerprint density at radius 1 is 1.06 bits per heavy atom. The molecule has 0 radical (unpaired) electrons. The highest BCUT2D eigenvalue weighted by atomic mass is 16.5. The van der Waals surface area contributed by atoms with Crippen LogP contribution in [0.2, 0.25) is 0 Å². The molecule has 1 fully saturated rings. The molecule has 0 aliphatic carbocycles. The van der Waals surface area contributed by atoms with E-state index in [0.29, 0.717) is 42.7 Å². The minimum absolute atomic E-state index is 0.187. The van der Waals surface area contributed by atoms with Gasteiger partial charge in [0.1, 0.15) is 35.7 Å². The maximum atomic E-state index is 14.5. The second kappa shape index (κ2) is 16.6. The van der Waals surface area contributed by atoms with Crippen molar-refractivity contribution in [3.05, 3.63) is 65.9 Å². The number of nitrogens with zero attached hydrogens (tertiary/aromatic N) is 2. The number of amides is 4. The molecular weight excluding hydrogens is 610 g/mol. The summed E-state index contributed by atoms with van der Waals surface area (Å²) in [7, 11) is 5.25. The van der Waals surface area contributed by atoms with Crippen molar-refractivity contribution < 1.29 is 28.7 Å². The third-order valence-electron chi connectivity index (χ3n) is 9.64. The predicted molar refractivity (Wildman–Crippen MR) is 185 cm³/mol. The molecule has 0 spiro atoms. The molecule has 0 aromatic heterocycles. The zero-order valence-corrected chi connectivity index (χ0v) is 29.2. The van der Waals surface area contributed by atoms with Gasteiger partial charge in [-0.05, 0) is 62.2 Å². The lowest BCUT2D eigenvalue weighted by molar-refractivity contribution is -0.145. The van der Waals surface area contributed by atoms with Crippen LogP contribution < -0.4 is 25.4 Å². The van der Waals surface area contributed by atoms with Gasteiger partial charge < -0.3 is 30.3 Å². The first-order valence-corrected chi connectivity index (χ1v) is 16.9. The molecule has 4 amide bonds. The Balaban J connectivity index is 1.68. The van der Waals surface area contributed by atoms with E-state index in [2.05, 4.69) is 16.0 Å². The van der Waals surface area contributed by atoms with Gasteiger partial charge >= 0.3 is 0 Å². The maximum absolute atomic E-state index is 14.5. The highest BCUT2D eigenvalue weighted by molar-refractivity contribution is 5.96. The van der Waals surface area contributed by atoms with E-state index in [4.69, 9.17) is 9.47 Å². The summed E-state index contributed by atoms with van der Waals surface area (Å²) in [6.45, 7) is 7.99. The number of likely N-dealkylation sites (N-methyl/N-ethyl adjacent to an activating group) is 1. The highest BCUT2D eigenvalue weighted by Crippen LogP contribution is 2.31. The van der Waals surface area contributed by atoms with Gasteiger partial charge in [-0.2, -0.15) is 0 Å². The molecule has 48 heavy (non-hydrogen) atoms. The summed E-state index contributed by atoms with van der Waals surface area (Å²) in [5.74, 6) is -0.779. The lowest BCUT2D eigenvalue weighted by Gasteiger charge is -2.35. The fourth-order valence-electron chi connectivity index (χ4n) is 6.24. The second-order valence-corrected chi connectivity index (χ2v) is 13.1. The molecule has 1 saturated heterocycles. The minimum atomic E-state index is -1.03. The van der Waals surface area contributed by atoms with E-state index in [1.54, 1.807) is 31.4 Å². The zero-order chi connectivity index (χ0) is 35.0. The van der Waals surface area contributed by atoms with Crippen molar-refractivity contribution >= 4 is 29.7 Å². The zero-order valence-electron chi connectivity index (χ0n) is 29.2. The summed E-state index contributed by atoms with van der Waals surface area (Å²) >= 11 is 0. The summed E-state index contributed by atoms with van der Waals surface area (Å²) < 4.78 is 11.9. The lowest BCUT2D eigenvalue weighted by Crippen LogP contribution is -2.61. The van der Waals surface area contributed by atoms with Gasteiger partial charge in [0.2, 0.25) is 23.6 Å². The summed E-state index contributed by atoms with van der Waals surface area (Å²) in [6.07, 6.45) is 4.68. The number of benzene rings is 2. The molecule has 3 N–H and O–H groups in total. The quantitative estimate of drug-likeness (QED) is 0.337. The first-order chi connectivity index (χ1) is 23.0. The summed E-state index contributed by atoms with van der Waals surface area (Å²) in [6, 6.07) is 11.8. The Morgan fingerprint density at radius 2 is 1.79 bits per heavy atom. The van der Waals surface area contributed by atoms with Gasteiger partial charge in [0.25, 0.3) is 0 Å². The number of rotatable bonds is 11. The summed E-state index contributed by atoms with van der Waals surface area (Å²) in [4.78, 5) is 59.3. The topological polar surface area (TPSA) is 129 Å². The Bertz CT molecular complexity index is 1460. The van der Waals surface area contributed by atoms with Crippen LogP contribution in [-0.4, -0.2) is 91.4 Å². The van der Waals surface area contributed by atoms with Gasteiger partial charge in [-0.25, -0.2) is 0 Å². The SMILES string of the molecule is CC[C@@H](C)[C@@H]1NC(=O)[C@H]2[C@H](CCN2C(=O)[C@H](NC(=O)[C@H](Cc2ccccc2)N(C)C)[C@@H](C)CC)Oc2ccc(OC)c(c2)/C=C\NC1=O. The molecule has 260 valence electrons. The van der Waals surface area contributed by atoms with Crippen molar-refractivity contribution in [2.45, 2.75) is 83.6 Å². The van der Waals surface area contributed by atoms with E-state index >= 15 is 0 Å².